The van der Waals surface area contributed by atoms with E-state index in [1.807, 2.05) is 0 Å². The van der Waals surface area contributed by atoms with Gasteiger partial charge in [0.15, 0.2) is 0 Å². The van der Waals surface area contributed by atoms with Gasteiger partial charge in [-0.3, -0.25) is 9.80 Å². The molecule has 0 aromatic heterocycles. The van der Waals surface area contributed by atoms with Crippen LogP contribution in [0.4, 0.5) is 0 Å². The minimum atomic E-state index is 0.306. The van der Waals surface area contributed by atoms with Crippen molar-refractivity contribution in [3.05, 3.63) is 0 Å². The van der Waals surface area contributed by atoms with Gasteiger partial charge in [-0.05, 0) is 38.3 Å². The molecule has 3 nitrogen and oxygen atoms in total. The topological polar surface area (TPSA) is 32.5 Å². The van der Waals surface area contributed by atoms with Crippen LogP contribution >= 0.6 is 0 Å². The van der Waals surface area contributed by atoms with Crippen LogP contribution in [-0.4, -0.2) is 54.1 Å². The molecule has 2 N–H and O–H groups in total. The molecule has 3 heteroatoms. The summed E-state index contributed by atoms with van der Waals surface area (Å²) in [5, 5.41) is 0. The molecule has 2 aliphatic rings. The quantitative estimate of drug-likeness (QED) is 0.829. The number of hydrogen-bond acceptors (Lipinski definition) is 3. The number of likely N-dealkylation sites (N-methyl/N-ethyl adjacent to an activating group) is 1. The summed E-state index contributed by atoms with van der Waals surface area (Å²) in [7, 11) is 0. The molecular weight excluding hydrogens is 234 g/mol. The Labute approximate surface area is 119 Å². The van der Waals surface area contributed by atoms with Crippen molar-refractivity contribution >= 4 is 0 Å². The zero-order chi connectivity index (χ0) is 13.9. The Morgan fingerprint density at radius 3 is 2.53 bits per heavy atom. The number of rotatable bonds is 5. The van der Waals surface area contributed by atoms with E-state index in [1.165, 1.54) is 58.3 Å². The second-order valence-corrected chi connectivity index (χ2v) is 6.56. The standard InChI is InChI=1S/C16H33N3/c1-4-18(5-2)15-9-11-19(12-15)16(13-17)10-7-6-8-14(16)3/h14-15H,4-13,17H2,1-3H3. The Hall–Kier alpha value is -0.120. The third kappa shape index (κ3) is 2.84. The molecule has 0 bridgehead atoms. The van der Waals surface area contributed by atoms with Gasteiger partial charge in [-0.25, -0.2) is 0 Å². The number of likely N-dealkylation sites (tertiary alicyclic amines) is 1. The summed E-state index contributed by atoms with van der Waals surface area (Å²) in [4.78, 5) is 5.37. The molecular formula is C16H33N3. The van der Waals surface area contributed by atoms with Gasteiger partial charge in [-0.1, -0.05) is 33.6 Å². The maximum atomic E-state index is 6.24. The summed E-state index contributed by atoms with van der Waals surface area (Å²) in [5.41, 5.74) is 6.55. The lowest BCUT2D eigenvalue weighted by molar-refractivity contribution is 0.0259. The first-order valence-electron chi connectivity index (χ1n) is 8.37. The number of nitrogens with zero attached hydrogens (tertiary/aromatic N) is 2. The molecule has 0 spiro atoms. The van der Waals surface area contributed by atoms with Gasteiger partial charge in [0.05, 0.1) is 0 Å². The fourth-order valence-corrected chi connectivity index (χ4v) is 4.48. The van der Waals surface area contributed by atoms with Gasteiger partial charge in [-0.2, -0.15) is 0 Å². The van der Waals surface area contributed by atoms with Crippen molar-refractivity contribution in [1.29, 1.82) is 0 Å². The fraction of sp³-hybridized carbons (Fsp3) is 1.00. The van der Waals surface area contributed by atoms with Gasteiger partial charge < -0.3 is 5.73 Å². The van der Waals surface area contributed by atoms with Crippen molar-refractivity contribution in [1.82, 2.24) is 9.80 Å². The minimum Gasteiger partial charge on any atom is -0.329 e. The molecule has 1 saturated heterocycles. The van der Waals surface area contributed by atoms with Crippen LogP contribution in [0.2, 0.25) is 0 Å². The van der Waals surface area contributed by atoms with E-state index in [0.717, 1.165) is 18.5 Å². The second-order valence-electron chi connectivity index (χ2n) is 6.56. The molecule has 2 fully saturated rings. The van der Waals surface area contributed by atoms with E-state index >= 15 is 0 Å². The van der Waals surface area contributed by atoms with Crippen molar-refractivity contribution in [2.45, 2.75) is 64.5 Å². The summed E-state index contributed by atoms with van der Waals surface area (Å²) in [5.74, 6) is 0.765. The Morgan fingerprint density at radius 2 is 1.95 bits per heavy atom. The van der Waals surface area contributed by atoms with Crippen LogP contribution in [0.5, 0.6) is 0 Å². The molecule has 3 atom stereocenters. The van der Waals surface area contributed by atoms with Crippen molar-refractivity contribution in [2.24, 2.45) is 11.7 Å². The average molecular weight is 267 g/mol. The summed E-state index contributed by atoms with van der Waals surface area (Å²) >= 11 is 0. The molecule has 0 amide bonds. The monoisotopic (exact) mass is 267 g/mol. The van der Waals surface area contributed by atoms with Crippen molar-refractivity contribution in [3.63, 3.8) is 0 Å². The highest BCUT2D eigenvalue weighted by Gasteiger charge is 2.45. The highest BCUT2D eigenvalue weighted by Crippen LogP contribution is 2.39. The Balaban J connectivity index is 2.05. The van der Waals surface area contributed by atoms with E-state index < -0.39 is 0 Å². The smallest absolute Gasteiger partial charge is 0.0357 e. The van der Waals surface area contributed by atoms with E-state index in [-0.39, 0.29) is 0 Å². The highest BCUT2D eigenvalue weighted by molar-refractivity contribution is 5.02. The molecule has 0 radical (unpaired) electrons. The van der Waals surface area contributed by atoms with Crippen LogP contribution in [0, 0.1) is 5.92 Å². The normalized spacial score (nSPS) is 37.1. The van der Waals surface area contributed by atoms with Crippen LogP contribution in [0.1, 0.15) is 52.9 Å². The van der Waals surface area contributed by atoms with Crippen LogP contribution < -0.4 is 5.73 Å². The van der Waals surface area contributed by atoms with E-state index in [0.29, 0.717) is 5.54 Å². The van der Waals surface area contributed by atoms with Crippen LogP contribution in [-0.2, 0) is 0 Å². The molecule has 1 heterocycles. The SMILES string of the molecule is CCN(CC)C1CCN(C2(CN)CCCCC2C)C1. The van der Waals surface area contributed by atoms with Gasteiger partial charge >= 0.3 is 0 Å². The van der Waals surface area contributed by atoms with Crippen LogP contribution in [0.3, 0.4) is 0 Å². The molecule has 1 saturated carbocycles. The van der Waals surface area contributed by atoms with E-state index in [4.69, 9.17) is 5.73 Å². The van der Waals surface area contributed by atoms with Crippen molar-refractivity contribution < 1.29 is 0 Å². The lowest BCUT2D eigenvalue weighted by Gasteiger charge is -2.49. The Kier molecular flexibility index (Phi) is 5.27. The third-order valence-electron chi connectivity index (χ3n) is 5.89. The Bertz CT molecular complexity index is 277. The molecule has 19 heavy (non-hydrogen) atoms. The fourth-order valence-electron chi connectivity index (χ4n) is 4.48. The van der Waals surface area contributed by atoms with Gasteiger partial charge in [0.1, 0.15) is 0 Å². The molecule has 0 aromatic rings. The maximum absolute atomic E-state index is 6.24. The first-order valence-corrected chi connectivity index (χ1v) is 8.37. The zero-order valence-electron chi connectivity index (χ0n) is 13.2. The van der Waals surface area contributed by atoms with Gasteiger partial charge in [0, 0.05) is 31.2 Å². The molecule has 0 aromatic carbocycles. The average Bonchev–Trinajstić information content (AvgIpc) is 2.91. The van der Waals surface area contributed by atoms with E-state index in [1.54, 1.807) is 0 Å². The minimum absolute atomic E-state index is 0.306. The molecule has 2 rings (SSSR count). The van der Waals surface area contributed by atoms with Crippen molar-refractivity contribution in [3.8, 4) is 0 Å². The predicted molar refractivity (Wildman–Crippen MR) is 82.3 cm³/mol. The van der Waals surface area contributed by atoms with E-state index in [9.17, 15) is 0 Å². The van der Waals surface area contributed by atoms with Gasteiger partial charge in [0.2, 0.25) is 0 Å². The molecule has 1 aliphatic carbocycles. The lowest BCUT2D eigenvalue weighted by Crippen LogP contribution is -2.59. The van der Waals surface area contributed by atoms with E-state index in [2.05, 4.69) is 30.6 Å². The summed E-state index contributed by atoms with van der Waals surface area (Å²) < 4.78 is 0. The number of nitrogens with two attached hydrogens (primary N) is 1. The van der Waals surface area contributed by atoms with Gasteiger partial charge in [-0.15, -0.1) is 0 Å². The zero-order valence-corrected chi connectivity index (χ0v) is 13.2. The summed E-state index contributed by atoms with van der Waals surface area (Å²) in [6.45, 7) is 12.7. The Morgan fingerprint density at radius 1 is 1.21 bits per heavy atom. The second kappa shape index (κ2) is 6.55. The number of hydrogen-bond donors (Lipinski definition) is 1. The summed E-state index contributed by atoms with van der Waals surface area (Å²) in [6, 6.07) is 0.757. The molecule has 3 unspecified atom stereocenters. The highest BCUT2D eigenvalue weighted by atomic mass is 15.3. The van der Waals surface area contributed by atoms with Crippen LogP contribution in [0.25, 0.3) is 0 Å². The first kappa shape index (κ1) is 15.3. The lowest BCUT2D eigenvalue weighted by atomic mass is 9.72. The maximum Gasteiger partial charge on any atom is 0.0357 e. The third-order valence-corrected chi connectivity index (χ3v) is 5.89. The van der Waals surface area contributed by atoms with Crippen molar-refractivity contribution in [2.75, 3.05) is 32.7 Å². The molecule has 112 valence electrons. The largest absolute Gasteiger partial charge is 0.329 e. The van der Waals surface area contributed by atoms with Crippen LogP contribution in [0.15, 0.2) is 0 Å². The van der Waals surface area contributed by atoms with Gasteiger partial charge in [0.25, 0.3) is 0 Å². The summed E-state index contributed by atoms with van der Waals surface area (Å²) in [6.07, 6.45) is 6.78. The predicted octanol–water partition coefficient (Wildman–Crippen LogP) is 2.31. The molecule has 1 aliphatic heterocycles. The first-order chi connectivity index (χ1) is 9.17.